The van der Waals surface area contributed by atoms with Gasteiger partial charge in [0.15, 0.2) is 5.71 Å². The van der Waals surface area contributed by atoms with Crippen LogP contribution in [0.3, 0.4) is 0 Å². The summed E-state index contributed by atoms with van der Waals surface area (Å²) in [5.41, 5.74) is 4.60. The number of unbranched alkanes of at least 4 members (excludes halogenated alkanes) is 2. The highest BCUT2D eigenvalue weighted by Crippen LogP contribution is 2.39. The van der Waals surface area contributed by atoms with Crippen LogP contribution in [-0.2, 0) is 5.41 Å². The first kappa shape index (κ1) is 15.7. The summed E-state index contributed by atoms with van der Waals surface area (Å²) in [4.78, 5) is 0. The third-order valence-electron chi connectivity index (χ3n) is 4.16. The van der Waals surface area contributed by atoms with Gasteiger partial charge in [-0.3, -0.25) is 0 Å². The average Bonchev–Trinajstić information content (AvgIpc) is 2.51. The standard InChI is InChI=1S/C16H24N.HI/c1-5-6-9-12-17-13(2)16(3,4)14-10-7-8-11-15(14)17;/h7-8,10-11H,5-6,9,12H2,1-4H3;1H/q+1;/p-1. The van der Waals surface area contributed by atoms with Gasteiger partial charge in [-0.25, -0.2) is 0 Å². The fourth-order valence-corrected chi connectivity index (χ4v) is 2.76. The zero-order valence-electron chi connectivity index (χ0n) is 12.0. The molecule has 0 unspecified atom stereocenters. The number of para-hydroxylation sites is 1. The molecule has 0 atom stereocenters. The van der Waals surface area contributed by atoms with E-state index >= 15 is 0 Å². The normalized spacial score (nSPS) is 16.4. The van der Waals surface area contributed by atoms with Gasteiger partial charge in [-0.15, -0.1) is 0 Å². The highest BCUT2D eigenvalue weighted by molar-refractivity contribution is 5.93. The SMILES string of the molecule is CCCCC[N+]1=C(C)C(C)(C)c2ccccc21.[I-]. The minimum absolute atomic E-state index is 0. The van der Waals surface area contributed by atoms with Crippen LogP contribution in [0.15, 0.2) is 24.3 Å². The van der Waals surface area contributed by atoms with Gasteiger partial charge in [0.1, 0.15) is 6.54 Å². The van der Waals surface area contributed by atoms with Gasteiger partial charge in [0.25, 0.3) is 0 Å². The van der Waals surface area contributed by atoms with Crippen molar-refractivity contribution in [1.29, 1.82) is 0 Å². The van der Waals surface area contributed by atoms with Crippen LogP contribution in [-0.4, -0.2) is 16.8 Å². The van der Waals surface area contributed by atoms with E-state index in [1.54, 1.807) is 0 Å². The second-order valence-electron chi connectivity index (χ2n) is 5.59. The summed E-state index contributed by atoms with van der Waals surface area (Å²) in [6, 6.07) is 8.85. The Hall–Kier alpha value is -0.380. The van der Waals surface area contributed by atoms with Crippen molar-refractivity contribution in [2.24, 2.45) is 0 Å². The molecule has 0 saturated carbocycles. The van der Waals surface area contributed by atoms with Crippen molar-refractivity contribution in [2.75, 3.05) is 6.54 Å². The summed E-state index contributed by atoms with van der Waals surface area (Å²) in [6.07, 6.45) is 3.91. The van der Waals surface area contributed by atoms with Crippen LogP contribution in [0.2, 0.25) is 0 Å². The topological polar surface area (TPSA) is 3.01 Å². The van der Waals surface area contributed by atoms with Gasteiger partial charge < -0.3 is 24.0 Å². The van der Waals surface area contributed by atoms with Crippen LogP contribution in [0.5, 0.6) is 0 Å². The van der Waals surface area contributed by atoms with Crippen LogP contribution in [0.25, 0.3) is 0 Å². The van der Waals surface area contributed by atoms with Gasteiger partial charge in [-0.1, -0.05) is 31.5 Å². The third-order valence-corrected chi connectivity index (χ3v) is 4.16. The highest BCUT2D eigenvalue weighted by atomic mass is 127. The minimum Gasteiger partial charge on any atom is -1.00 e. The second-order valence-corrected chi connectivity index (χ2v) is 5.59. The third kappa shape index (κ3) is 2.63. The first-order valence-electron chi connectivity index (χ1n) is 6.80. The average molecular weight is 357 g/mol. The van der Waals surface area contributed by atoms with Crippen LogP contribution < -0.4 is 24.0 Å². The van der Waals surface area contributed by atoms with Gasteiger partial charge in [-0.05, 0) is 20.3 Å². The Bertz CT molecular complexity index is 446. The molecule has 1 aliphatic heterocycles. The maximum Gasteiger partial charge on any atom is 0.209 e. The summed E-state index contributed by atoms with van der Waals surface area (Å²) in [5.74, 6) is 0. The van der Waals surface area contributed by atoms with Crippen LogP contribution in [0, 0.1) is 0 Å². The lowest BCUT2D eigenvalue weighted by atomic mass is 9.82. The minimum atomic E-state index is 0. The number of hydrogen-bond acceptors (Lipinski definition) is 0. The molecule has 1 heterocycles. The van der Waals surface area contributed by atoms with Gasteiger partial charge in [0.05, 0.1) is 5.41 Å². The lowest BCUT2D eigenvalue weighted by molar-refractivity contribution is -0.439. The van der Waals surface area contributed by atoms with Crippen molar-refractivity contribution in [2.45, 2.75) is 52.4 Å². The Morgan fingerprint density at radius 3 is 2.44 bits per heavy atom. The molecule has 1 nitrogen and oxygen atoms in total. The molecule has 0 spiro atoms. The van der Waals surface area contributed by atoms with Crippen molar-refractivity contribution < 1.29 is 28.6 Å². The van der Waals surface area contributed by atoms with Gasteiger partial charge in [-0.2, -0.15) is 4.58 Å². The van der Waals surface area contributed by atoms with E-state index in [1.165, 1.54) is 42.8 Å². The largest absolute Gasteiger partial charge is 1.00 e. The molecule has 1 aromatic carbocycles. The van der Waals surface area contributed by atoms with Crippen molar-refractivity contribution in [1.82, 2.24) is 0 Å². The smallest absolute Gasteiger partial charge is 0.209 e. The molecule has 2 heteroatoms. The molecular formula is C16H24IN. The fraction of sp³-hybridized carbons (Fsp3) is 0.562. The lowest BCUT2D eigenvalue weighted by Crippen LogP contribution is -3.00. The van der Waals surface area contributed by atoms with Crippen LogP contribution >= 0.6 is 0 Å². The van der Waals surface area contributed by atoms with E-state index in [2.05, 4.69) is 56.5 Å². The van der Waals surface area contributed by atoms with Crippen LogP contribution in [0.1, 0.15) is 52.5 Å². The maximum atomic E-state index is 2.52. The second kappa shape index (κ2) is 6.18. The maximum absolute atomic E-state index is 2.52. The Labute approximate surface area is 128 Å². The van der Waals surface area contributed by atoms with E-state index in [0.717, 1.165) is 0 Å². The highest BCUT2D eigenvalue weighted by Gasteiger charge is 2.42. The predicted octanol–water partition coefficient (Wildman–Crippen LogP) is 1.28. The van der Waals surface area contributed by atoms with Crippen molar-refractivity contribution in [3.05, 3.63) is 29.8 Å². The fourth-order valence-electron chi connectivity index (χ4n) is 2.76. The van der Waals surface area contributed by atoms with E-state index in [-0.39, 0.29) is 29.4 Å². The molecule has 0 bridgehead atoms. The van der Waals surface area contributed by atoms with E-state index < -0.39 is 0 Å². The van der Waals surface area contributed by atoms with E-state index in [1.807, 2.05) is 0 Å². The van der Waals surface area contributed by atoms with Gasteiger partial charge >= 0.3 is 0 Å². The number of halogens is 1. The number of benzene rings is 1. The molecule has 0 aromatic heterocycles. The Balaban J connectivity index is 0.00000162. The van der Waals surface area contributed by atoms with Gasteiger partial charge in [0, 0.05) is 25.0 Å². The monoisotopic (exact) mass is 357 g/mol. The van der Waals surface area contributed by atoms with E-state index in [4.69, 9.17) is 0 Å². The molecule has 18 heavy (non-hydrogen) atoms. The predicted molar refractivity (Wildman–Crippen MR) is 74.5 cm³/mol. The zero-order valence-corrected chi connectivity index (χ0v) is 14.1. The molecule has 0 radical (unpaired) electrons. The summed E-state index contributed by atoms with van der Waals surface area (Å²) in [5, 5.41) is 0. The van der Waals surface area contributed by atoms with E-state index in [0.29, 0.717) is 0 Å². The summed E-state index contributed by atoms with van der Waals surface area (Å²) >= 11 is 0. The van der Waals surface area contributed by atoms with Crippen LogP contribution in [0.4, 0.5) is 5.69 Å². The van der Waals surface area contributed by atoms with Gasteiger partial charge in [0.2, 0.25) is 5.69 Å². The number of fused-ring (bicyclic) bond motifs is 1. The summed E-state index contributed by atoms with van der Waals surface area (Å²) in [6.45, 7) is 10.4. The van der Waals surface area contributed by atoms with Crippen molar-refractivity contribution in [3.63, 3.8) is 0 Å². The first-order valence-corrected chi connectivity index (χ1v) is 6.80. The summed E-state index contributed by atoms with van der Waals surface area (Å²) in [7, 11) is 0. The molecule has 2 rings (SSSR count). The molecule has 1 aromatic rings. The number of rotatable bonds is 4. The molecule has 0 fully saturated rings. The van der Waals surface area contributed by atoms with Crippen molar-refractivity contribution >= 4 is 11.4 Å². The lowest BCUT2D eigenvalue weighted by Gasteiger charge is -2.14. The summed E-state index contributed by atoms with van der Waals surface area (Å²) < 4.78 is 2.52. The molecule has 1 aliphatic rings. The number of hydrogen-bond donors (Lipinski definition) is 0. The zero-order chi connectivity index (χ0) is 12.5. The number of nitrogens with zero attached hydrogens (tertiary/aromatic N) is 1. The molecule has 0 N–H and O–H groups in total. The quantitative estimate of drug-likeness (QED) is 0.434. The Morgan fingerprint density at radius 1 is 1.11 bits per heavy atom. The first-order chi connectivity index (χ1) is 8.09. The van der Waals surface area contributed by atoms with Crippen molar-refractivity contribution in [3.8, 4) is 0 Å². The molecule has 0 amide bonds. The molecule has 0 saturated heterocycles. The molecular weight excluding hydrogens is 333 g/mol. The molecule has 0 aliphatic carbocycles. The Kier molecular flexibility index (Phi) is 5.38. The Morgan fingerprint density at radius 2 is 1.78 bits per heavy atom. The van der Waals surface area contributed by atoms with E-state index in [9.17, 15) is 0 Å². The molecule has 100 valence electrons.